The standard InChI is InChI=1S/C34H49F3N4O5/c1-22(2)38-33(44)39-28-14-15-30-29(17-28)32(43)41(24(4)21-42)18-23(3)31(45-16-8-7-9-25(5)46-30)20-40(6)19-26-10-12-27(13-11-26)34(35,36)37/h10-15,17,22-25,31,42H,7-9,16,18-21H2,1-6H3,(H2,38,39,44)/t23-,24-,25-,31-/m1/s1. The molecule has 0 bridgehead atoms. The molecular weight excluding hydrogens is 601 g/mol. The quantitative estimate of drug-likeness (QED) is 0.316. The largest absolute Gasteiger partial charge is 0.490 e. The molecule has 1 aliphatic heterocycles. The number of carbonyl (C=O) groups is 2. The lowest BCUT2D eigenvalue weighted by Crippen LogP contribution is -2.47. The Balaban J connectivity index is 1.87. The summed E-state index contributed by atoms with van der Waals surface area (Å²) in [6, 6.07) is 9.13. The highest BCUT2D eigenvalue weighted by Crippen LogP contribution is 2.30. The van der Waals surface area contributed by atoms with Gasteiger partial charge in [-0.3, -0.25) is 9.69 Å². The maximum absolute atomic E-state index is 14.2. The highest BCUT2D eigenvalue weighted by molar-refractivity contribution is 5.99. The zero-order valence-electron chi connectivity index (χ0n) is 27.7. The van der Waals surface area contributed by atoms with Crippen LogP contribution < -0.4 is 15.4 Å². The number of benzene rings is 2. The predicted molar refractivity (Wildman–Crippen MR) is 172 cm³/mol. The molecule has 0 fully saturated rings. The molecule has 9 nitrogen and oxygen atoms in total. The van der Waals surface area contributed by atoms with Crippen LogP contribution >= 0.6 is 0 Å². The van der Waals surface area contributed by atoms with Crippen LogP contribution in [-0.2, 0) is 17.5 Å². The Labute approximate surface area is 270 Å². The average Bonchev–Trinajstić information content (AvgIpc) is 2.98. The van der Waals surface area contributed by atoms with E-state index in [-0.39, 0.29) is 48.8 Å². The molecule has 2 aromatic carbocycles. The van der Waals surface area contributed by atoms with Crippen molar-refractivity contribution < 1.29 is 37.3 Å². The van der Waals surface area contributed by atoms with Crippen molar-refractivity contribution >= 4 is 17.6 Å². The second kappa shape index (κ2) is 17.0. The van der Waals surface area contributed by atoms with Crippen molar-refractivity contribution in [2.45, 2.75) is 90.9 Å². The third-order valence-electron chi connectivity index (χ3n) is 7.95. The van der Waals surface area contributed by atoms with Crippen LogP contribution in [-0.4, -0.2) is 84.5 Å². The molecule has 1 heterocycles. The minimum absolute atomic E-state index is 0.0744. The number of nitrogens with zero attached hydrogens (tertiary/aromatic N) is 2. The number of hydrogen-bond acceptors (Lipinski definition) is 6. The van der Waals surface area contributed by atoms with Gasteiger partial charge < -0.3 is 30.1 Å². The Morgan fingerprint density at radius 2 is 1.80 bits per heavy atom. The van der Waals surface area contributed by atoms with Gasteiger partial charge in [-0.15, -0.1) is 0 Å². The van der Waals surface area contributed by atoms with Gasteiger partial charge in [0.2, 0.25) is 0 Å². The highest BCUT2D eigenvalue weighted by atomic mass is 19.4. The van der Waals surface area contributed by atoms with Crippen molar-refractivity contribution in [1.29, 1.82) is 0 Å². The predicted octanol–water partition coefficient (Wildman–Crippen LogP) is 6.16. The molecule has 3 amide bonds. The van der Waals surface area contributed by atoms with E-state index < -0.39 is 23.8 Å². The Bertz CT molecular complexity index is 1270. The van der Waals surface area contributed by atoms with Crippen molar-refractivity contribution in [3.05, 3.63) is 59.2 Å². The molecule has 12 heteroatoms. The summed E-state index contributed by atoms with van der Waals surface area (Å²) in [7, 11) is 1.89. The van der Waals surface area contributed by atoms with Crippen molar-refractivity contribution in [3.8, 4) is 5.75 Å². The normalized spacial score (nSPS) is 20.9. The fourth-order valence-electron chi connectivity index (χ4n) is 5.37. The Morgan fingerprint density at radius 1 is 1.11 bits per heavy atom. The van der Waals surface area contributed by atoms with Crippen LogP contribution in [0.2, 0.25) is 0 Å². The zero-order chi connectivity index (χ0) is 34.0. The van der Waals surface area contributed by atoms with Gasteiger partial charge in [0.05, 0.1) is 36.0 Å². The Hall–Kier alpha value is -3.35. The topological polar surface area (TPSA) is 103 Å². The first-order valence-electron chi connectivity index (χ1n) is 15.9. The van der Waals surface area contributed by atoms with E-state index in [1.54, 1.807) is 30.0 Å². The van der Waals surface area contributed by atoms with Gasteiger partial charge >= 0.3 is 12.2 Å². The summed E-state index contributed by atoms with van der Waals surface area (Å²) in [6.07, 6.45) is -2.50. The molecule has 256 valence electrons. The van der Waals surface area contributed by atoms with Crippen LogP contribution in [0.3, 0.4) is 0 Å². The first-order chi connectivity index (χ1) is 21.7. The molecule has 0 spiro atoms. The third kappa shape index (κ3) is 11.2. The second-order valence-electron chi connectivity index (χ2n) is 12.7. The van der Waals surface area contributed by atoms with E-state index in [1.807, 2.05) is 39.6 Å². The number of ether oxygens (including phenoxy) is 2. The number of urea groups is 1. The zero-order valence-corrected chi connectivity index (χ0v) is 27.7. The van der Waals surface area contributed by atoms with Crippen molar-refractivity contribution in [2.24, 2.45) is 5.92 Å². The van der Waals surface area contributed by atoms with Gasteiger partial charge in [0.25, 0.3) is 5.91 Å². The number of aliphatic hydroxyl groups is 1. The fraction of sp³-hybridized carbons (Fsp3) is 0.588. The Morgan fingerprint density at radius 3 is 2.43 bits per heavy atom. The first kappa shape index (κ1) is 37.1. The second-order valence-corrected chi connectivity index (χ2v) is 12.7. The van der Waals surface area contributed by atoms with Crippen LogP contribution in [0.5, 0.6) is 5.75 Å². The van der Waals surface area contributed by atoms with Crippen molar-refractivity contribution in [2.75, 3.05) is 38.7 Å². The minimum atomic E-state index is -4.39. The van der Waals surface area contributed by atoms with Gasteiger partial charge in [-0.05, 0) is 89.9 Å². The van der Waals surface area contributed by atoms with E-state index in [0.717, 1.165) is 37.0 Å². The van der Waals surface area contributed by atoms with Gasteiger partial charge in [0.1, 0.15) is 5.75 Å². The number of alkyl halides is 3. The number of carbonyl (C=O) groups excluding carboxylic acids is 2. The van der Waals surface area contributed by atoms with E-state index in [2.05, 4.69) is 10.6 Å². The number of nitrogens with one attached hydrogen (secondary N) is 2. The van der Waals surface area contributed by atoms with E-state index in [1.165, 1.54) is 12.1 Å². The molecule has 46 heavy (non-hydrogen) atoms. The van der Waals surface area contributed by atoms with Crippen LogP contribution in [0.1, 0.15) is 75.4 Å². The summed E-state index contributed by atoms with van der Waals surface area (Å²) >= 11 is 0. The summed E-state index contributed by atoms with van der Waals surface area (Å²) in [4.78, 5) is 30.2. The van der Waals surface area contributed by atoms with E-state index in [9.17, 15) is 27.9 Å². The van der Waals surface area contributed by atoms with Crippen LogP contribution in [0.4, 0.5) is 23.7 Å². The highest BCUT2D eigenvalue weighted by Gasteiger charge is 2.31. The number of amides is 3. The number of rotatable bonds is 8. The summed E-state index contributed by atoms with van der Waals surface area (Å²) in [5.41, 5.74) is 0.758. The fourth-order valence-corrected chi connectivity index (χ4v) is 5.37. The molecule has 0 radical (unpaired) electrons. The molecule has 3 N–H and O–H groups in total. The molecule has 0 unspecified atom stereocenters. The van der Waals surface area contributed by atoms with Crippen molar-refractivity contribution in [3.63, 3.8) is 0 Å². The Kier molecular flexibility index (Phi) is 13.7. The van der Waals surface area contributed by atoms with Crippen LogP contribution in [0.15, 0.2) is 42.5 Å². The molecule has 0 saturated carbocycles. The van der Waals surface area contributed by atoms with Gasteiger partial charge in [-0.25, -0.2) is 4.79 Å². The first-order valence-corrected chi connectivity index (χ1v) is 15.9. The van der Waals surface area contributed by atoms with Crippen molar-refractivity contribution in [1.82, 2.24) is 15.1 Å². The summed E-state index contributed by atoms with van der Waals surface area (Å²) in [5.74, 6) is -0.119. The van der Waals surface area contributed by atoms with E-state index >= 15 is 0 Å². The van der Waals surface area contributed by atoms with Gasteiger partial charge in [-0.1, -0.05) is 19.1 Å². The number of hydrogen-bond donors (Lipinski definition) is 3. The molecule has 0 aliphatic carbocycles. The monoisotopic (exact) mass is 650 g/mol. The van der Waals surface area contributed by atoms with Gasteiger partial charge in [0, 0.05) is 43.9 Å². The maximum atomic E-state index is 14.2. The third-order valence-corrected chi connectivity index (χ3v) is 7.95. The smallest absolute Gasteiger partial charge is 0.416 e. The van der Waals surface area contributed by atoms with Gasteiger partial charge in [-0.2, -0.15) is 13.2 Å². The molecule has 1 aliphatic rings. The lowest BCUT2D eigenvalue weighted by Gasteiger charge is -2.36. The average molecular weight is 651 g/mol. The number of anilines is 1. The number of aliphatic hydroxyl groups excluding tert-OH is 1. The van der Waals surface area contributed by atoms with Gasteiger partial charge in [0.15, 0.2) is 0 Å². The lowest BCUT2D eigenvalue weighted by molar-refractivity contribution is -0.137. The molecule has 2 aromatic rings. The van der Waals surface area contributed by atoms with Crippen LogP contribution in [0.25, 0.3) is 0 Å². The number of halogens is 3. The number of fused-ring (bicyclic) bond motifs is 1. The molecular formula is C34H49F3N4O5. The molecule has 4 atom stereocenters. The summed E-state index contributed by atoms with van der Waals surface area (Å²) < 4.78 is 51.7. The number of likely N-dealkylation sites (N-methyl/N-ethyl adjacent to an activating group) is 1. The molecule has 0 aromatic heterocycles. The SMILES string of the molecule is CC(C)NC(=O)Nc1ccc2c(c1)C(=O)N([C@H](C)CO)C[C@@H](C)[C@@H](CN(C)Cc1ccc(C(F)(F)F)cc1)OCCCC[C@@H](C)O2. The van der Waals surface area contributed by atoms with E-state index in [4.69, 9.17) is 9.47 Å². The minimum Gasteiger partial charge on any atom is -0.490 e. The summed E-state index contributed by atoms with van der Waals surface area (Å²) in [6.45, 7) is 10.8. The summed E-state index contributed by atoms with van der Waals surface area (Å²) in [5, 5.41) is 15.7. The van der Waals surface area contributed by atoms with E-state index in [0.29, 0.717) is 31.1 Å². The maximum Gasteiger partial charge on any atom is 0.416 e. The molecule has 0 saturated heterocycles. The molecule has 3 rings (SSSR count). The van der Waals surface area contributed by atoms with Crippen LogP contribution in [0, 0.1) is 5.92 Å². The lowest BCUT2D eigenvalue weighted by atomic mass is 10.0.